The van der Waals surface area contributed by atoms with Crippen LogP contribution in [-0.2, 0) is 4.79 Å². The second-order valence-corrected chi connectivity index (χ2v) is 2.80. The Balaban J connectivity index is 4.30. The van der Waals surface area contributed by atoms with E-state index < -0.39 is 43.4 Å². The maximum Gasteiger partial charge on any atom is 0.189 e. The Morgan fingerprint density at radius 1 is 1.00 bits per heavy atom. The number of rotatable bonds is 6. The van der Waals surface area contributed by atoms with Crippen LogP contribution in [0.25, 0.3) is 0 Å². The van der Waals surface area contributed by atoms with Crippen molar-refractivity contribution in [1.29, 1.82) is 0 Å². The standard InChI is InChI=1S/C7H14O7/c8-1-3(10)5(12)7(14)6(13)4(11)2-9/h3,5-10,12-14H,1-2H2/t3-,5-,6+,7-/m0/s1. The summed E-state index contributed by atoms with van der Waals surface area (Å²) in [6, 6.07) is 0. The van der Waals surface area contributed by atoms with Crippen LogP contribution < -0.4 is 0 Å². The van der Waals surface area contributed by atoms with Crippen LogP contribution in [0.15, 0.2) is 0 Å². The van der Waals surface area contributed by atoms with Gasteiger partial charge >= 0.3 is 0 Å². The second-order valence-electron chi connectivity index (χ2n) is 2.80. The molecule has 0 saturated heterocycles. The van der Waals surface area contributed by atoms with E-state index in [1.165, 1.54) is 0 Å². The van der Waals surface area contributed by atoms with Crippen LogP contribution in [-0.4, -0.2) is 74.1 Å². The first-order valence-electron chi connectivity index (χ1n) is 3.92. The van der Waals surface area contributed by atoms with Gasteiger partial charge in [0.15, 0.2) is 5.78 Å². The Kier molecular flexibility index (Phi) is 5.77. The average Bonchev–Trinajstić information content (AvgIpc) is 2.23. The lowest BCUT2D eigenvalue weighted by atomic mass is 10.0. The highest BCUT2D eigenvalue weighted by Crippen LogP contribution is 2.05. The smallest absolute Gasteiger partial charge is 0.189 e. The molecule has 0 aromatic carbocycles. The average molecular weight is 210 g/mol. The van der Waals surface area contributed by atoms with Gasteiger partial charge in [-0.15, -0.1) is 0 Å². The first-order chi connectivity index (χ1) is 6.45. The minimum Gasteiger partial charge on any atom is -0.394 e. The second kappa shape index (κ2) is 6.02. The fourth-order valence-corrected chi connectivity index (χ4v) is 0.806. The lowest BCUT2D eigenvalue weighted by Crippen LogP contribution is -2.49. The monoisotopic (exact) mass is 210 g/mol. The predicted molar refractivity (Wildman–Crippen MR) is 43.2 cm³/mol. The number of Topliss-reactive ketones (excluding diaryl/α,β-unsaturated/α-hetero) is 1. The highest BCUT2D eigenvalue weighted by Gasteiger charge is 2.33. The van der Waals surface area contributed by atoms with Gasteiger partial charge in [0, 0.05) is 0 Å². The number of aliphatic hydroxyl groups is 6. The number of carbonyl (C=O) groups excluding carboxylic acids is 1. The van der Waals surface area contributed by atoms with Crippen molar-refractivity contribution in [2.45, 2.75) is 24.4 Å². The fraction of sp³-hybridized carbons (Fsp3) is 0.857. The lowest BCUT2D eigenvalue weighted by molar-refractivity contribution is -0.149. The van der Waals surface area contributed by atoms with E-state index in [2.05, 4.69) is 0 Å². The normalized spacial score (nSPS) is 19.9. The quantitative estimate of drug-likeness (QED) is 0.262. The molecule has 0 amide bonds. The largest absolute Gasteiger partial charge is 0.394 e. The summed E-state index contributed by atoms with van der Waals surface area (Å²) in [5.41, 5.74) is 0. The van der Waals surface area contributed by atoms with E-state index in [9.17, 15) is 4.79 Å². The van der Waals surface area contributed by atoms with E-state index >= 15 is 0 Å². The van der Waals surface area contributed by atoms with Crippen molar-refractivity contribution in [2.75, 3.05) is 13.2 Å². The summed E-state index contributed by atoms with van der Waals surface area (Å²) in [4.78, 5) is 10.7. The number of hydrogen-bond donors (Lipinski definition) is 6. The third kappa shape index (κ3) is 3.29. The molecule has 0 heterocycles. The van der Waals surface area contributed by atoms with Crippen molar-refractivity contribution in [3.63, 3.8) is 0 Å². The van der Waals surface area contributed by atoms with Crippen LogP contribution in [0.2, 0.25) is 0 Å². The summed E-state index contributed by atoms with van der Waals surface area (Å²) < 4.78 is 0. The van der Waals surface area contributed by atoms with Crippen LogP contribution in [0.5, 0.6) is 0 Å². The van der Waals surface area contributed by atoms with Gasteiger partial charge in [-0.2, -0.15) is 0 Å². The van der Waals surface area contributed by atoms with Gasteiger partial charge in [0.1, 0.15) is 31.0 Å². The van der Waals surface area contributed by atoms with E-state index in [0.717, 1.165) is 0 Å². The molecule has 4 atom stereocenters. The Morgan fingerprint density at radius 3 is 1.86 bits per heavy atom. The molecule has 84 valence electrons. The maximum atomic E-state index is 10.7. The van der Waals surface area contributed by atoms with E-state index in [-0.39, 0.29) is 0 Å². The van der Waals surface area contributed by atoms with Crippen molar-refractivity contribution in [3.05, 3.63) is 0 Å². The minimum atomic E-state index is -1.99. The van der Waals surface area contributed by atoms with Gasteiger partial charge in [0.05, 0.1) is 6.61 Å². The van der Waals surface area contributed by atoms with E-state index in [1.807, 2.05) is 0 Å². The highest BCUT2D eigenvalue weighted by atomic mass is 16.4. The van der Waals surface area contributed by atoms with Gasteiger partial charge in [-0.1, -0.05) is 0 Å². The van der Waals surface area contributed by atoms with Crippen LogP contribution in [0.1, 0.15) is 0 Å². The molecular formula is C7H14O7. The van der Waals surface area contributed by atoms with Gasteiger partial charge in [-0.3, -0.25) is 4.79 Å². The van der Waals surface area contributed by atoms with Crippen molar-refractivity contribution >= 4 is 5.78 Å². The van der Waals surface area contributed by atoms with E-state index in [0.29, 0.717) is 0 Å². The van der Waals surface area contributed by atoms with E-state index in [1.54, 1.807) is 0 Å². The molecule has 0 fully saturated rings. The molecule has 0 aromatic rings. The molecule has 0 spiro atoms. The van der Waals surface area contributed by atoms with Crippen LogP contribution >= 0.6 is 0 Å². The van der Waals surface area contributed by atoms with Gasteiger partial charge in [-0.05, 0) is 0 Å². The summed E-state index contributed by atoms with van der Waals surface area (Å²) in [7, 11) is 0. The van der Waals surface area contributed by atoms with Gasteiger partial charge < -0.3 is 30.6 Å². The fourth-order valence-electron chi connectivity index (χ4n) is 0.806. The molecule has 7 nitrogen and oxygen atoms in total. The summed E-state index contributed by atoms with van der Waals surface area (Å²) in [6.07, 6.45) is -7.45. The van der Waals surface area contributed by atoms with E-state index in [4.69, 9.17) is 30.6 Å². The van der Waals surface area contributed by atoms with Crippen molar-refractivity contribution in [2.24, 2.45) is 0 Å². The zero-order valence-corrected chi connectivity index (χ0v) is 7.32. The Morgan fingerprint density at radius 2 is 1.50 bits per heavy atom. The molecule has 0 aliphatic carbocycles. The molecule has 0 aliphatic rings. The Hall–Kier alpha value is -0.570. The minimum absolute atomic E-state index is 0.821. The molecule has 0 bridgehead atoms. The zero-order chi connectivity index (χ0) is 11.3. The van der Waals surface area contributed by atoms with Crippen LogP contribution in [0.4, 0.5) is 0 Å². The van der Waals surface area contributed by atoms with Crippen LogP contribution in [0, 0.1) is 0 Å². The van der Waals surface area contributed by atoms with Gasteiger partial charge in [-0.25, -0.2) is 0 Å². The third-order valence-electron chi connectivity index (χ3n) is 1.74. The molecule has 7 heteroatoms. The van der Waals surface area contributed by atoms with Gasteiger partial charge in [0.25, 0.3) is 0 Å². The third-order valence-corrected chi connectivity index (χ3v) is 1.74. The maximum absolute atomic E-state index is 10.7. The van der Waals surface area contributed by atoms with Crippen LogP contribution in [0.3, 0.4) is 0 Å². The summed E-state index contributed by atoms with van der Waals surface area (Å²) in [6.45, 7) is -1.81. The molecule has 0 aromatic heterocycles. The molecule has 0 rings (SSSR count). The summed E-state index contributed by atoms with van der Waals surface area (Å²) in [5.74, 6) is -1.08. The molecular weight excluding hydrogens is 196 g/mol. The van der Waals surface area contributed by atoms with Crippen molar-refractivity contribution in [3.8, 4) is 0 Å². The number of ketones is 1. The molecule has 0 aliphatic heterocycles. The molecule has 0 radical (unpaired) electrons. The molecule has 6 N–H and O–H groups in total. The lowest BCUT2D eigenvalue weighted by Gasteiger charge is -2.24. The Bertz CT molecular complexity index is 183. The molecule has 14 heavy (non-hydrogen) atoms. The van der Waals surface area contributed by atoms with Crippen molar-refractivity contribution in [1.82, 2.24) is 0 Å². The first kappa shape index (κ1) is 13.4. The van der Waals surface area contributed by atoms with Gasteiger partial charge in [0.2, 0.25) is 0 Å². The Labute approximate surface area is 79.9 Å². The molecule has 0 unspecified atom stereocenters. The highest BCUT2D eigenvalue weighted by molar-refractivity contribution is 5.84. The number of aliphatic hydroxyl groups excluding tert-OH is 6. The summed E-state index contributed by atoms with van der Waals surface area (Å²) in [5, 5.41) is 52.7. The predicted octanol–water partition coefficient (Wildman–Crippen LogP) is -4.02. The first-order valence-corrected chi connectivity index (χ1v) is 3.92. The number of hydrogen-bond acceptors (Lipinski definition) is 7. The summed E-state index contributed by atoms with van der Waals surface area (Å²) >= 11 is 0. The van der Waals surface area contributed by atoms with Crippen molar-refractivity contribution < 1.29 is 35.4 Å². The molecule has 0 saturated carbocycles. The topological polar surface area (TPSA) is 138 Å². The SMILES string of the molecule is O=C(CO)[C@@H](O)[C@@H](O)[C@@H](O)[C@@H](O)CO. The number of carbonyl (C=O) groups is 1. The zero-order valence-electron chi connectivity index (χ0n) is 7.32.